The normalized spacial score (nSPS) is 15.2. The molecule has 2 amide bonds. The minimum atomic E-state index is -0.739. The number of carbonyl (C=O) groups excluding carboxylic acids is 2. The van der Waals surface area contributed by atoms with Crippen LogP contribution in [-0.2, 0) is 16.0 Å². The monoisotopic (exact) mass is 523 g/mol. The van der Waals surface area contributed by atoms with Crippen LogP contribution in [0.1, 0.15) is 12.0 Å². The summed E-state index contributed by atoms with van der Waals surface area (Å²) in [5.41, 5.74) is 2.26. The van der Waals surface area contributed by atoms with Gasteiger partial charge in [-0.25, -0.2) is 0 Å². The summed E-state index contributed by atoms with van der Waals surface area (Å²) in [7, 11) is 3.17. The second kappa shape index (κ2) is 11.4. The van der Waals surface area contributed by atoms with Gasteiger partial charge in [0.1, 0.15) is 6.04 Å². The minimum absolute atomic E-state index is 0.0378. The highest BCUT2D eigenvalue weighted by atomic mass is 35.5. The van der Waals surface area contributed by atoms with Gasteiger partial charge in [-0.1, -0.05) is 35.9 Å². The van der Waals surface area contributed by atoms with Gasteiger partial charge in [0.2, 0.25) is 5.91 Å². The molecule has 0 spiro atoms. The van der Waals surface area contributed by atoms with Gasteiger partial charge in [0.05, 0.1) is 26.3 Å². The van der Waals surface area contributed by atoms with Crippen molar-refractivity contribution in [3.05, 3.63) is 83.4 Å². The predicted molar refractivity (Wildman–Crippen MR) is 145 cm³/mol. The van der Waals surface area contributed by atoms with Crippen LogP contribution in [0, 0.1) is 0 Å². The Morgan fingerprint density at radius 2 is 1.69 bits per heavy atom. The number of carbonyl (C=O) groups is 2. The molecule has 36 heavy (non-hydrogen) atoms. The van der Waals surface area contributed by atoms with E-state index in [0.717, 1.165) is 5.56 Å². The fourth-order valence-corrected chi connectivity index (χ4v) is 4.65. The maximum atomic E-state index is 13.5. The second-order valence-electron chi connectivity index (χ2n) is 8.20. The van der Waals surface area contributed by atoms with Crippen LogP contribution in [0.5, 0.6) is 11.5 Å². The Hall–Kier alpha value is -3.62. The topological polar surface area (TPSA) is 71.1 Å². The maximum absolute atomic E-state index is 13.5. The van der Waals surface area contributed by atoms with Crippen LogP contribution in [0.2, 0.25) is 5.02 Å². The van der Waals surface area contributed by atoms with Crippen molar-refractivity contribution < 1.29 is 19.1 Å². The van der Waals surface area contributed by atoms with E-state index < -0.39 is 6.04 Å². The van der Waals surface area contributed by atoms with E-state index in [4.69, 9.17) is 33.3 Å². The largest absolute Gasteiger partial charge is 0.493 e. The molecule has 1 saturated heterocycles. The van der Waals surface area contributed by atoms with E-state index in [0.29, 0.717) is 46.0 Å². The zero-order valence-electron chi connectivity index (χ0n) is 19.9. The zero-order chi connectivity index (χ0) is 25.7. The molecule has 1 atom stereocenters. The molecule has 7 nitrogen and oxygen atoms in total. The number of rotatable bonds is 9. The zero-order valence-corrected chi connectivity index (χ0v) is 21.5. The summed E-state index contributed by atoms with van der Waals surface area (Å²) >= 11 is 11.8. The molecule has 1 aliphatic rings. The fraction of sp³-hybridized carbons (Fsp3) is 0.222. The number of thiocarbonyl (C=S) groups is 1. The lowest BCUT2D eigenvalue weighted by atomic mass is 10.1. The number of anilines is 2. The molecular weight excluding hydrogens is 498 g/mol. The summed E-state index contributed by atoms with van der Waals surface area (Å²) < 4.78 is 10.7. The van der Waals surface area contributed by atoms with E-state index in [1.807, 2.05) is 41.3 Å². The molecule has 186 valence electrons. The SMILES string of the molecule is COc1ccc(CCN2C(=S)N(c3ccc(Cl)cc3)C(=O)[C@@H]2CC(=O)Nc2ccccc2)cc1OC. The van der Waals surface area contributed by atoms with Gasteiger partial charge in [0.15, 0.2) is 16.6 Å². The lowest BCUT2D eigenvalue weighted by Crippen LogP contribution is -2.39. The number of nitrogens with zero attached hydrogens (tertiary/aromatic N) is 2. The summed E-state index contributed by atoms with van der Waals surface area (Å²) in [6.07, 6.45) is 0.545. The molecule has 1 aliphatic heterocycles. The number of nitrogens with one attached hydrogen (secondary N) is 1. The van der Waals surface area contributed by atoms with Gasteiger partial charge in [0.25, 0.3) is 5.91 Å². The van der Waals surface area contributed by atoms with Crippen LogP contribution >= 0.6 is 23.8 Å². The third kappa shape index (κ3) is 5.61. The number of ether oxygens (including phenoxy) is 2. The van der Waals surface area contributed by atoms with E-state index in [-0.39, 0.29) is 18.2 Å². The van der Waals surface area contributed by atoms with E-state index in [9.17, 15) is 9.59 Å². The Bertz CT molecular complexity index is 1250. The van der Waals surface area contributed by atoms with Gasteiger partial charge in [-0.05, 0) is 72.7 Å². The summed E-state index contributed by atoms with van der Waals surface area (Å²) in [6.45, 7) is 0.438. The molecule has 4 rings (SSSR count). The first-order chi connectivity index (χ1) is 17.4. The first kappa shape index (κ1) is 25.5. The number of hydrogen-bond acceptors (Lipinski definition) is 5. The number of halogens is 1. The van der Waals surface area contributed by atoms with Crippen molar-refractivity contribution in [2.75, 3.05) is 31.0 Å². The van der Waals surface area contributed by atoms with Gasteiger partial charge in [-0.3, -0.25) is 14.5 Å². The van der Waals surface area contributed by atoms with Gasteiger partial charge >= 0.3 is 0 Å². The van der Waals surface area contributed by atoms with E-state index >= 15 is 0 Å². The predicted octanol–water partition coefficient (Wildman–Crippen LogP) is 4.93. The fourth-order valence-electron chi connectivity index (χ4n) is 4.11. The molecule has 3 aromatic carbocycles. The van der Waals surface area contributed by atoms with Crippen molar-refractivity contribution in [2.24, 2.45) is 0 Å². The Morgan fingerprint density at radius 1 is 1.00 bits per heavy atom. The molecule has 1 heterocycles. The standard InChI is InChI=1S/C27H26ClN3O4S/c1-34-23-13-8-18(16-24(23)35-2)14-15-30-22(17-25(32)29-20-6-4-3-5-7-20)26(33)31(27(30)36)21-11-9-19(28)10-12-21/h3-13,16,22H,14-15,17H2,1-2H3,(H,29,32)/t22-/m0/s1. The molecule has 0 radical (unpaired) electrons. The lowest BCUT2D eigenvalue weighted by Gasteiger charge is -2.24. The van der Waals surface area contributed by atoms with E-state index in [2.05, 4.69) is 5.32 Å². The second-order valence-corrected chi connectivity index (χ2v) is 9.00. The molecule has 0 aliphatic carbocycles. The van der Waals surface area contributed by atoms with Crippen molar-refractivity contribution >= 4 is 52.1 Å². The van der Waals surface area contributed by atoms with Gasteiger partial charge in [-0.2, -0.15) is 0 Å². The average molecular weight is 524 g/mol. The number of methoxy groups -OCH3 is 2. The Labute approximate surface area is 220 Å². The smallest absolute Gasteiger partial charge is 0.256 e. The van der Waals surface area contributed by atoms with Crippen molar-refractivity contribution in [1.82, 2.24) is 4.90 Å². The highest BCUT2D eigenvalue weighted by molar-refractivity contribution is 7.80. The van der Waals surface area contributed by atoms with Gasteiger partial charge in [0, 0.05) is 17.3 Å². The third-order valence-corrected chi connectivity index (χ3v) is 6.60. The van der Waals surface area contributed by atoms with Crippen LogP contribution < -0.4 is 19.7 Å². The van der Waals surface area contributed by atoms with Crippen LogP contribution in [0.3, 0.4) is 0 Å². The number of benzene rings is 3. The lowest BCUT2D eigenvalue weighted by molar-refractivity contribution is -0.124. The summed E-state index contributed by atoms with van der Waals surface area (Å²) in [6, 6.07) is 21.0. The summed E-state index contributed by atoms with van der Waals surface area (Å²) in [5, 5.41) is 3.76. The molecular formula is C27H26ClN3O4S. The third-order valence-electron chi connectivity index (χ3n) is 5.93. The van der Waals surface area contributed by atoms with Crippen LogP contribution in [0.15, 0.2) is 72.8 Å². The molecule has 0 bridgehead atoms. The molecule has 1 fully saturated rings. The Balaban J connectivity index is 1.56. The van der Waals surface area contributed by atoms with Crippen molar-refractivity contribution in [3.63, 3.8) is 0 Å². The first-order valence-corrected chi connectivity index (χ1v) is 12.2. The first-order valence-electron chi connectivity index (χ1n) is 11.4. The molecule has 0 saturated carbocycles. The highest BCUT2D eigenvalue weighted by Gasteiger charge is 2.43. The number of amides is 2. The van der Waals surface area contributed by atoms with Crippen molar-refractivity contribution in [3.8, 4) is 11.5 Å². The molecule has 0 aromatic heterocycles. The number of para-hydroxylation sites is 1. The molecule has 3 aromatic rings. The molecule has 0 unspecified atom stereocenters. The van der Waals surface area contributed by atoms with Crippen molar-refractivity contribution in [2.45, 2.75) is 18.9 Å². The van der Waals surface area contributed by atoms with Crippen LogP contribution in [0.25, 0.3) is 0 Å². The van der Waals surface area contributed by atoms with Gasteiger partial charge in [-0.15, -0.1) is 0 Å². The Morgan fingerprint density at radius 3 is 2.36 bits per heavy atom. The van der Waals surface area contributed by atoms with Crippen LogP contribution in [-0.4, -0.2) is 48.6 Å². The maximum Gasteiger partial charge on any atom is 0.256 e. The Kier molecular flexibility index (Phi) is 8.07. The summed E-state index contributed by atoms with van der Waals surface area (Å²) in [5.74, 6) is 0.739. The quantitative estimate of drug-likeness (QED) is 0.401. The molecule has 9 heteroatoms. The van der Waals surface area contributed by atoms with Gasteiger partial charge < -0.3 is 19.7 Å². The highest BCUT2D eigenvalue weighted by Crippen LogP contribution is 2.30. The van der Waals surface area contributed by atoms with E-state index in [1.54, 1.807) is 50.6 Å². The van der Waals surface area contributed by atoms with Crippen LogP contribution in [0.4, 0.5) is 11.4 Å². The van der Waals surface area contributed by atoms with Crippen molar-refractivity contribution in [1.29, 1.82) is 0 Å². The molecule has 1 N–H and O–H groups in total. The minimum Gasteiger partial charge on any atom is -0.493 e. The average Bonchev–Trinajstić information content (AvgIpc) is 3.12. The summed E-state index contributed by atoms with van der Waals surface area (Å²) in [4.78, 5) is 29.7. The van der Waals surface area contributed by atoms with E-state index in [1.165, 1.54) is 4.90 Å². The number of hydrogen-bond donors (Lipinski definition) is 1.